The van der Waals surface area contributed by atoms with Crippen molar-refractivity contribution in [3.63, 3.8) is 0 Å². The summed E-state index contributed by atoms with van der Waals surface area (Å²) < 4.78 is 6.95. The molecule has 1 aliphatic carbocycles. The zero-order chi connectivity index (χ0) is 13.2. The lowest BCUT2D eigenvalue weighted by Gasteiger charge is -2.12. The van der Waals surface area contributed by atoms with Crippen molar-refractivity contribution in [1.82, 2.24) is 20.3 Å². The summed E-state index contributed by atoms with van der Waals surface area (Å²) in [5, 5.41) is 10.8. The van der Waals surface area contributed by atoms with Crippen LogP contribution >= 0.6 is 0 Å². The van der Waals surface area contributed by atoms with Crippen molar-refractivity contribution in [2.75, 3.05) is 0 Å². The van der Waals surface area contributed by atoms with E-state index in [1.54, 1.807) is 16.9 Å². The Morgan fingerprint density at radius 3 is 3.16 bits per heavy atom. The van der Waals surface area contributed by atoms with Crippen LogP contribution in [-0.4, -0.2) is 26.9 Å². The van der Waals surface area contributed by atoms with E-state index in [2.05, 4.69) is 15.6 Å². The Morgan fingerprint density at radius 2 is 2.47 bits per heavy atom. The molecule has 0 aromatic carbocycles. The number of nitrogens with zero attached hydrogens (tertiary/aromatic N) is 3. The lowest BCUT2D eigenvalue weighted by Crippen LogP contribution is -2.35. The summed E-state index contributed by atoms with van der Waals surface area (Å²) in [6, 6.07) is 3.58. The Labute approximate surface area is 110 Å². The van der Waals surface area contributed by atoms with Gasteiger partial charge in [0.15, 0.2) is 5.69 Å². The first-order valence-corrected chi connectivity index (χ1v) is 6.47. The SMILES string of the molecule is C[C@H](Cn1cccn1)NC(=O)c1cc(C2CC2)on1. The van der Waals surface area contributed by atoms with Crippen LogP contribution in [0.5, 0.6) is 0 Å². The minimum absolute atomic E-state index is 0.0199. The number of nitrogens with one attached hydrogen (secondary N) is 1. The van der Waals surface area contributed by atoms with Gasteiger partial charge in [-0.1, -0.05) is 5.16 Å². The number of amides is 1. The fourth-order valence-corrected chi connectivity index (χ4v) is 1.99. The molecule has 0 bridgehead atoms. The summed E-state index contributed by atoms with van der Waals surface area (Å²) in [7, 11) is 0. The van der Waals surface area contributed by atoms with Crippen molar-refractivity contribution in [3.8, 4) is 0 Å². The molecule has 2 aromatic heterocycles. The van der Waals surface area contributed by atoms with E-state index in [4.69, 9.17) is 4.52 Å². The van der Waals surface area contributed by atoms with Gasteiger partial charge in [-0.25, -0.2) is 0 Å². The number of hydrogen-bond acceptors (Lipinski definition) is 4. The molecule has 2 aromatic rings. The number of aromatic nitrogens is 3. The van der Waals surface area contributed by atoms with Gasteiger partial charge in [0, 0.05) is 30.4 Å². The van der Waals surface area contributed by atoms with Gasteiger partial charge < -0.3 is 9.84 Å². The first-order valence-electron chi connectivity index (χ1n) is 6.47. The van der Waals surface area contributed by atoms with Gasteiger partial charge >= 0.3 is 0 Å². The third kappa shape index (κ3) is 2.83. The molecular formula is C13H16N4O2. The molecule has 6 heteroatoms. The summed E-state index contributed by atoms with van der Waals surface area (Å²) in [5.41, 5.74) is 0.356. The molecule has 0 aliphatic heterocycles. The third-order valence-corrected chi connectivity index (χ3v) is 3.14. The molecule has 2 heterocycles. The van der Waals surface area contributed by atoms with Crippen molar-refractivity contribution in [2.24, 2.45) is 0 Å². The van der Waals surface area contributed by atoms with E-state index in [0.717, 1.165) is 18.6 Å². The predicted octanol–water partition coefficient (Wildman–Crippen LogP) is 1.57. The normalized spacial score (nSPS) is 16.3. The second-order valence-corrected chi connectivity index (χ2v) is 4.99. The van der Waals surface area contributed by atoms with Crippen LogP contribution < -0.4 is 5.32 Å². The zero-order valence-electron chi connectivity index (χ0n) is 10.7. The maximum Gasteiger partial charge on any atom is 0.273 e. The number of carbonyl (C=O) groups is 1. The van der Waals surface area contributed by atoms with Gasteiger partial charge in [0.25, 0.3) is 5.91 Å². The van der Waals surface area contributed by atoms with Gasteiger partial charge in [-0.2, -0.15) is 5.10 Å². The van der Waals surface area contributed by atoms with Gasteiger partial charge in [0.2, 0.25) is 0 Å². The lowest BCUT2D eigenvalue weighted by atomic mass is 10.2. The van der Waals surface area contributed by atoms with E-state index in [1.807, 2.05) is 19.2 Å². The topological polar surface area (TPSA) is 73.0 Å². The van der Waals surface area contributed by atoms with Crippen LogP contribution in [0.15, 0.2) is 29.0 Å². The van der Waals surface area contributed by atoms with Gasteiger partial charge in [-0.15, -0.1) is 0 Å². The molecule has 0 spiro atoms. The number of carbonyl (C=O) groups excluding carboxylic acids is 1. The monoisotopic (exact) mass is 260 g/mol. The highest BCUT2D eigenvalue weighted by Crippen LogP contribution is 2.40. The van der Waals surface area contributed by atoms with Crippen molar-refractivity contribution in [3.05, 3.63) is 36.0 Å². The Hall–Kier alpha value is -2.11. The van der Waals surface area contributed by atoms with Gasteiger partial charge in [0.05, 0.1) is 6.54 Å². The Kier molecular flexibility index (Phi) is 3.06. The fraction of sp³-hybridized carbons (Fsp3) is 0.462. The van der Waals surface area contributed by atoms with Crippen LogP contribution in [0.25, 0.3) is 0 Å². The Balaban J connectivity index is 1.57. The van der Waals surface area contributed by atoms with Crippen LogP contribution in [0, 0.1) is 0 Å². The van der Waals surface area contributed by atoms with Crippen molar-refractivity contribution < 1.29 is 9.32 Å². The lowest BCUT2D eigenvalue weighted by molar-refractivity contribution is 0.0926. The molecule has 1 N–H and O–H groups in total. The number of rotatable bonds is 5. The minimum atomic E-state index is -0.199. The fourth-order valence-electron chi connectivity index (χ4n) is 1.99. The molecule has 3 rings (SSSR count). The third-order valence-electron chi connectivity index (χ3n) is 3.14. The van der Waals surface area contributed by atoms with Gasteiger partial charge in [-0.3, -0.25) is 9.48 Å². The highest BCUT2D eigenvalue weighted by atomic mass is 16.5. The molecule has 1 amide bonds. The molecule has 19 heavy (non-hydrogen) atoms. The van der Waals surface area contributed by atoms with Gasteiger partial charge in [-0.05, 0) is 25.8 Å². The summed E-state index contributed by atoms with van der Waals surface area (Å²) in [5.74, 6) is 1.09. The molecule has 1 saturated carbocycles. The maximum absolute atomic E-state index is 12.0. The van der Waals surface area contributed by atoms with Crippen molar-refractivity contribution >= 4 is 5.91 Å². The maximum atomic E-state index is 12.0. The smallest absolute Gasteiger partial charge is 0.273 e. The van der Waals surface area contributed by atoms with E-state index in [0.29, 0.717) is 18.2 Å². The summed E-state index contributed by atoms with van der Waals surface area (Å²) in [6.45, 7) is 2.56. The summed E-state index contributed by atoms with van der Waals surface area (Å²) in [4.78, 5) is 12.0. The Morgan fingerprint density at radius 1 is 1.63 bits per heavy atom. The minimum Gasteiger partial charge on any atom is -0.360 e. The highest BCUT2D eigenvalue weighted by Gasteiger charge is 2.29. The molecule has 1 aliphatic rings. The molecule has 1 atom stereocenters. The van der Waals surface area contributed by atoms with E-state index in [9.17, 15) is 4.79 Å². The van der Waals surface area contributed by atoms with E-state index >= 15 is 0 Å². The van der Waals surface area contributed by atoms with Crippen molar-refractivity contribution in [1.29, 1.82) is 0 Å². The van der Waals surface area contributed by atoms with Crippen LogP contribution in [0.1, 0.15) is 41.9 Å². The molecule has 0 radical (unpaired) electrons. The molecule has 0 unspecified atom stereocenters. The van der Waals surface area contributed by atoms with E-state index in [1.165, 1.54) is 0 Å². The zero-order valence-corrected chi connectivity index (χ0v) is 10.7. The van der Waals surface area contributed by atoms with Crippen LogP contribution in [0.2, 0.25) is 0 Å². The van der Waals surface area contributed by atoms with Crippen molar-refractivity contribution in [2.45, 2.75) is 38.3 Å². The van der Waals surface area contributed by atoms with Crippen LogP contribution in [-0.2, 0) is 6.54 Å². The largest absolute Gasteiger partial charge is 0.360 e. The summed E-state index contributed by atoms with van der Waals surface area (Å²) >= 11 is 0. The first-order chi connectivity index (χ1) is 9.22. The molecular weight excluding hydrogens is 244 g/mol. The molecule has 0 saturated heterocycles. The summed E-state index contributed by atoms with van der Waals surface area (Å²) in [6.07, 6.45) is 5.84. The van der Waals surface area contributed by atoms with E-state index < -0.39 is 0 Å². The second-order valence-electron chi connectivity index (χ2n) is 4.99. The molecule has 1 fully saturated rings. The van der Waals surface area contributed by atoms with Crippen LogP contribution in [0.4, 0.5) is 0 Å². The average Bonchev–Trinajstić information content (AvgIpc) is 2.91. The second kappa shape index (κ2) is 4.87. The standard InChI is InChI=1S/C13H16N4O2/c1-9(8-17-6-2-5-14-17)15-13(18)11-7-12(19-16-11)10-3-4-10/h2,5-7,9-10H,3-4,8H2,1H3,(H,15,18)/t9-/m1/s1. The predicted molar refractivity (Wildman–Crippen MR) is 67.6 cm³/mol. The Bertz CT molecular complexity index is 557. The quantitative estimate of drug-likeness (QED) is 0.885. The number of hydrogen-bond donors (Lipinski definition) is 1. The molecule has 6 nitrogen and oxygen atoms in total. The highest BCUT2D eigenvalue weighted by molar-refractivity contribution is 5.92. The molecule has 100 valence electrons. The van der Waals surface area contributed by atoms with E-state index in [-0.39, 0.29) is 11.9 Å². The van der Waals surface area contributed by atoms with Crippen LogP contribution in [0.3, 0.4) is 0 Å². The van der Waals surface area contributed by atoms with Gasteiger partial charge in [0.1, 0.15) is 5.76 Å². The average molecular weight is 260 g/mol. The first kappa shape index (κ1) is 12.0.